The van der Waals surface area contributed by atoms with Gasteiger partial charge in [-0.3, -0.25) is 0 Å². The molecule has 1 aromatic heterocycles. The van der Waals surface area contributed by atoms with Crippen LogP contribution in [-0.4, -0.2) is 80.9 Å². The average Bonchev–Trinajstić information content (AvgIpc) is 2.95. The number of halogens is 6. The van der Waals surface area contributed by atoms with Gasteiger partial charge in [0.25, 0.3) is 0 Å². The molecule has 1 N–H and O–H groups in total. The van der Waals surface area contributed by atoms with E-state index < -0.39 is 40.6 Å². The third-order valence-corrected chi connectivity index (χ3v) is 7.82. The second kappa shape index (κ2) is 12.0. The molecular formula is C24H24F6N6O5S. The fraction of sp³-hybridized carbons (Fsp3) is 0.375. The molecule has 0 spiro atoms. The highest BCUT2D eigenvalue weighted by Crippen LogP contribution is 2.33. The Morgan fingerprint density at radius 2 is 1.57 bits per heavy atom. The van der Waals surface area contributed by atoms with Gasteiger partial charge in [0, 0.05) is 37.9 Å². The van der Waals surface area contributed by atoms with Crippen LogP contribution in [0.15, 0.2) is 47.4 Å². The number of hydrogen-bond donors (Lipinski definition) is 1. The van der Waals surface area contributed by atoms with Crippen LogP contribution in [0, 0.1) is 0 Å². The van der Waals surface area contributed by atoms with Crippen molar-refractivity contribution in [1.82, 2.24) is 19.3 Å². The number of nitrogens with zero attached hydrogens (tertiary/aromatic N) is 5. The van der Waals surface area contributed by atoms with Crippen molar-refractivity contribution < 1.29 is 49.0 Å². The molecule has 42 heavy (non-hydrogen) atoms. The van der Waals surface area contributed by atoms with Crippen molar-refractivity contribution in [2.24, 2.45) is 0 Å². The topological polar surface area (TPSA) is 119 Å². The van der Waals surface area contributed by atoms with E-state index in [2.05, 4.69) is 25.0 Å². The van der Waals surface area contributed by atoms with E-state index in [1.54, 1.807) is 0 Å². The molecule has 1 aliphatic heterocycles. The zero-order valence-corrected chi connectivity index (χ0v) is 22.8. The summed E-state index contributed by atoms with van der Waals surface area (Å²) in [4.78, 5) is 13.2. The van der Waals surface area contributed by atoms with Gasteiger partial charge in [-0.25, -0.2) is 8.42 Å². The van der Waals surface area contributed by atoms with Gasteiger partial charge in [-0.1, -0.05) is 6.07 Å². The summed E-state index contributed by atoms with van der Waals surface area (Å²) in [5.41, 5.74) is -1.06. The molecule has 2 aromatic carbocycles. The first kappa shape index (κ1) is 30.9. The molecule has 0 saturated carbocycles. The number of methoxy groups -OCH3 is 2. The molecule has 0 aliphatic carbocycles. The maximum atomic E-state index is 13.2. The Morgan fingerprint density at radius 1 is 0.881 bits per heavy atom. The molecule has 1 aliphatic rings. The first-order valence-electron chi connectivity index (χ1n) is 12.1. The summed E-state index contributed by atoms with van der Waals surface area (Å²) in [6.07, 6.45) is -9.36. The fourth-order valence-electron chi connectivity index (χ4n) is 3.91. The van der Waals surface area contributed by atoms with E-state index in [-0.39, 0.29) is 54.4 Å². The lowest BCUT2D eigenvalue weighted by Crippen LogP contribution is -2.49. The SMILES string of the molecule is COc1ccc(S(=O)(=O)N2CCN(c3nc(Nc4cccc(C(F)(F)F)c4)nc(OCC(F)(F)F)n3)CC2)cc1OC. The van der Waals surface area contributed by atoms with Gasteiger partial charge in [0.05, 0.1) is 24.7 Å². The van der Waals surface area contributed by atoms with Gasteiger partial charge in [-0.2, -0.15) is 45.6 Å². The Hall–Kier alpha value is -4.06. The number of alkyl halides is 6. The minimum absolute atomic E-state index is 0.0260. The van der Waals surface area contributed by atoms with Crippen molar-refractivity contribution in [3.8, 4) is 17.5 Å². The van der Waals surface area contributed by atoms with Crippen LogP contribution in [0.1, 0.15) is 5.56 Å². The van der Waals surface area contributed by atoms with Gasteiger partial charge in [0.1, 0.15) is 0 Å². The van der Waals surface area contributed by atoms with Gasteiger partial charge >= 0.3 is 18.4 Å². The zero-order chi connectivity index (χ0) is 30.7. The molecule has 11 nitrogen and oxygen atoms in total. The van der Waals surface area contributed by atoms with Gasteiger partial charge < -0.3 is 24.4 Å². The number of sulfonamides is 1. The van der Waals surface area contributed by atoms with E-state index in [9.17, 15) is 34.8 Å². The van der Waals surface area contributed by atoms with Crippen molar-refractivity contribution in [2.45, 2.75) is 17.2 Å². The number of aromatic nitrogens is 3. The standard InChI is InChI=1S/C24H24F6N6O5S/c1-39-18-7-6-17(13-19(18)40-2)42(37,38)36-10-8-35(9-11-36)21-32-20(33-22(34-21)41-14-23(25,26)27)31-16-5-3-4-15(12-16)24(28,29)30/h3-7,12-13H,8-11,14H2,1-2H3,(H,31,32,33,34). The fourth-order valence-corrected chi connectivity index (χ4v) is 5.35. The third-order valence-electron chi connectivity index (χ3n) is 5.93. The van der Waals surface area contributed by atoms with Crippen LogP contribution in [0.4, 0.5) is 43.9 Å². The Kier molecular flexibility index (Phi) is 8.86. The minimum Gasteiger partial charge on any atom is -0.493 e. The lowest BCUT2D eigenvalue weighted by Gasteiger charge is -2.34. The van der Waals surface area contributed by atoms with E-state index in [1.807, 2.05) is 0 Å². The highest BCUT2D eigenvalue weighted by Gasteiger charge is 2.33. The number of piperazine rings is 1. The summed E-state index contributed by atoms with van der Waals surface area (Å²) in [6.45, 7) is -1.76. The van der Waals surface area contributed by atoms with E-state index in [1.165, 1.54) is 47.7 Å². The molecule has 2 heterocycles. The smallest absolute Gasteiger partial charge is 0.422 e. The first-order valence-corrected chi connectivity index (χ1v) is 13.5. The summed E-state index contributed by atoms with van der Waals surface area (Å²) in [5.74, 6) is 0.0143. The van der Waals surface area contributed by atoms with Crippen molar-refractivity contribution in [3.05, 3.63) is 48.0 Å². The predicted octanol–water partition coefficient (Wildman–Crippen LogP) is 4.10. The average molecular weight is 623 g/mol. The Bertz CT molecular complexity index is 1510. The van der Waals surface area contributed by atoms with Crippen LogP contribution in [0.5, 0.6) is 17.5 Å². The van der Waals surface area contributed by atoms with Crippen LogP contribution < -0.4 is 24.4 Å². The molecule has 1 fully saturated rings. The summed E-state index contributed by atoms with van der Waals surface area (Å²) < 4.78 is 120. The Balaban J connectivity index is 1.56. The van der Waals surface area contributed by atoms with Crippen molar-refractivity contribution in [1.29, 1.82) is 0 Å². The molecule has 1 saturated heterocycles. The molecule has 0 amide bonds. The molecule has 3 aromatic rings. The summed E-state index contributed by atoms with van der Waals surface area (Å²) in [5, 5.41) is 2.53. The molecule has 0 unspecified atom stereocenters. The number of ether oxygens (including phenoxy) is 3. The number of nitrogens with one attached hydrogen (secondary N) is 1. The highest BCUT2D eigenvalue weighted by molar-refractivity contribution is 7.89. The van der Waals surface area contributed by atoms with E-state index in [0.29, 0.717) is 5.75 Å². The van der Waals surface area contributed by atoms with Crippen LogP contribution in [0.3, 0.4) is 0 Å². The lowest BCUT2D eigenvalue weighted by atomic mass is 10.2. The predicted molar refractivity (Wildman–Crippen MR) is 137 cm³/mol. The van der Waals surface area contributed by atoms with Gasteiger partial charge in [-0.15, -0.1) is 0 Å². The van der Waals surface area contributed by atoms with E-state index in [4.69, 9.17) is 9.47 Å². The maximum Gasteiger partial charge on any atom is 0.422 e. The summed E-state index contributed by atoms with van der Waals surface area (Å²) >= 11 is 0. The number of anilines is 3. The largest absolute Gasteiger partial charge is 0.493 e. The maximum absolute atomic E-state index is 13.2. The highest BCUT2D eigenvalue weighted by atomic mass is 32.2. The van der Waals surface area contributed by atoms with Crippen LogP contribution in [-0.2, 0) is 16.2 Å². The Labute approximate surface area is 236 Å². The van der Waals surface area contributed by atoms with Gasteiger partial charge in [0.15, 0.2) is 18.1 Å². The molecule has 18 heteroatoms. The van der Waals surface area contributed by atoms with Crippen molar-refractivity contribution in [2.75, 3.05) is 57.2 Å². The van der Waals surface area contributed by atoms with E-state index in [0.717, 1.165) is 18.2 Å². The second-order valence-electron chi connectivity index (χ2n) is 8.76. The molecule has 228 valence electrons. The van der Waals surface area contributed by atoms with Crippen LogP contribution >= 0.6 is 0 Å². The van der Waals surface area contributed by atoms with Crippen molar-refractivity contribution >= 4 is 27.6 Å². The molecule has 0 atom stereocenters. The molecule has 0 radical (unpaired) electrons. The normalized spacial score (nSPS) is 14.9. The summed E-state index contributed by atoms with van der Waals surface area (Å²) in [7, 11) is -1.18. The molecule has 0 bridgehead atoms. The van der Waals surface area contributed by atoms with Gasteiger partial charge in [-0.05, 0) is 30.3 Å². The van der Waals surface area contributed by atoms with Crippen molar-refractivity contribution in [3.63, 3.8) is 0 Å². The first-order chi connectivity index (χ1) is 19.7. The quantitative estimate of drug-likeness (QED) is 0.350. The zero-order valence-electron chi connectivity index (χ0n) is 22.0. The third kappa shape index (κ3) is 7.41. The number of benzene rings is 2. The van der Waals surface area contributed by atoms with Gasteiger partial charge in [0.2, 0.25) is 21.9 Å². The monoisotopic (exact) mass is 622 g/mol. The van der Waals surface area contributed by atoms with E-state index >= 15 is 0 Å². The lowest BCUT2D eigenvalue weighted by molar-refractivity contribution is -0.154. The number of rotatable bonds is 9. The Morgan fingerprint density at radius 3 is 2.19 bits per heavy atom. The van der Waals surface area contributed by atoms with Crippen LogP contribution in [0.2, 0.25) is 0 Å². The second-order valence-corrected chi connectivity index (χ2v) is 10.7. The molecule has 4 rings (SSSR count). The van der Waals surface area contributed by atoms with Crippen LogP contribution in [0.25, 0.3) is 0 Å². The summed E-state index contributed by atoms with van der Waals surface area (Å²) in [6, 6.07) is 7.45. The number of hydrogen-bond acceptors (Lipinski definition) is 10. The molecular weight excluding hydrogens is 598 g/mol. The minimum atomic E-state index is -4.72.